The van der Waals surface area contributed by atoms with Crippen LogP contribution in [-0.4, -0.2) is 0 Å². The molecule has 0 aliphatic heterocycles. The van der Waals surface area contributed by atoms with Crippen molar-refractivity contribution < 1.29 is 15.4 Å². The van der Waals surface area contributed by atoms with Crippen LogP contribution < -0.4 is 0 Å². The average Bonchev–Trinajstić information content (AvgIpc) is 1.32. The highest BCUT2D eigenvalue weighted by Crippen LogP contribution is 2.46. The van der Waals surface area contributed by atoms with Crippen LogP contribution in [-0.2, 0) is 0 Å². The normalized spacial score (nSPS) is 13.4. The lowest BCUT2D eigenvalue weighted by Gasteiger charge is -2.18. The summed E-state index contributed by atoms with van der Waals surface area (Å²) in [5.74, 6) is 0. The molecule has 0 unspecified atom stereocenters. The summed E-state index contributed by atoms with van der Waals surface area (Å²) in [4.78, 5) is 0. The van der Waals surface area contributed by atoms with Gasteiger partial charge in [-0.2, -0.15) is 0 Å². The molecule has 0 spiro atoms. The smallest absolute Gasteiger partial charge is 0.135 e. The lowest BCUT2D eigenvalue weighted by Crippen LogP contribution is -1.91. The van der Waals surface area contributed by atoms with Crippen molar-refractivity contribution in [3.63, 3.8) is 0 Å². The molecule has 1 aromatic heterocycles. The van der Waals surface area contributed by atoms with Crippen LogP contribution in [0.2, 0.25) is 0 Å². The van der Waals surface area contributed by atoms with E-state index in [9.17, 15) is 2.74 Å². The van der Waals surface area contributed by atoms with Crippen molar-refractivity contribution in [2.45, 2.75) is 0 Å². The highest BCUT2D eigenvalue weighted by Gasteiger charge is 2.19. The molecule has 0 saturated carbocycles. The van der Waals surface area contributed by atoms with E-state index >= 15 is 0 Å². The Kier molecular flexibility index (Phi) is 8.06. The maximum Gasteiger partial charge on any atom is 0.135 e. The van der Waals surface area contributed by atoms with Gasteiger partial charge in [-0.05, 0) is 160 Å². The molecule has 1 heteroatoms. The quantitative estimate of drug-likeness (QED) is 0.124. The molecule has 356 valence electrons. The van der Waals surface area contributed by atoms with Crippen LogP contribution in [0.25, 0.3) is 164 Å². The SMILES string of the molecule is [2H]c1c([2H])c([2H])c2c(-c3ccc4oc5ccccc5c4c3)c3c([2H])c([2H])c([2H])c([2H])c3c(-c3ccc(-c4ccccc4)cc3)c2c1[2H].c1cc2ccc3ccc(-c4ccc(-c5ccc6ccc7cccc8ccc5c6c78)cc4)c4ccc(c1)c2c34. The van der Waals surface area contributed by atoms with E-state index in [0.717, 1.165) is 21.9 Å². The first-order chi connectivity index (χ1) is 41.5. The maximum atomic E-state index is 9.18. The third-order valence-corrected chi connectivity index (χ3v) is 15.9. The fourth-order valence-electron chi connectivity index (χ4n) is 12.3. The first kappa shape index (κ1) is 36.0. The first-order valence-corrected chi connectivity index (χ1v) is 26.0. The number of furan rings is 1. The van der Waals surface area contributed by atoms with E-state index in [1.165, 1.54) is 86.9 Å². The van der Waals surface area contributed by atoms with Crippen LogP contribution in [0.1, 0.15) is 11.0 Å². The molecule has 17 rings (SSSR count). The second-order valence-electron chi connectivity index (χ2n) is 20.0. The number of hydrogen-bond donors (Lipinski definition) is 0. The third kappa shape index (κ3) is 6.88. The largest absolute Gasteiger partial charge is 0.456 e. The molecular formula is C76H46O. The van der Waals surface area contributed by atoms with Gasteiger partial charge in [-0.25, -0.2) is 0 Å². The van der Waals surface area contributed by atoms with Gasteiger partial charge >= 0.3 is 0 Å². The van der Waals surface area contributed by atoms with Gasteiger partial charge in [-0.15, -0.1) is 0 Å². The molecule has 0 atom stereocenters. The predicted molar refractivity (Wildman–Crippen MR) is 330 cm³/mol. The van der Waals surface area contributed by atoms with Crippen molar-refractivity contribution in [2.75, 3.05) is 0 Å². The van der Waals surface area contributed by atoms with Gasteiger partial charge in [0.25, 0.3) is 0 Å². The summed E-state index contributed by atoms with van der Waals surface area (Å²) in [5.41, 5.74) is 10.1. The molecule has 0 fully saturated rings. The van der Waals surface area contributed by atoms with Gasteiger partial charge in [-0.3, -0.25) is 0 Å². The van der Waals surface area contributed by atoms with Gasteiger partial charge in [0, 0.05) is 10.8 Å². The lowest BCUT2D eigenvalue weighted by atomic mass is 9.85. The van der Waals surface area contributed by atoms with E-state index in [2.05, 4.69) is 133 Å². The van der Waals surface area contributed by atoms with Crippen molar-refractivity contribution in [1.82, 2.24) is 0 Å². The summed E-state index contributed by atoms with van der Waals surface area (Å²) >= 11 is 0. The number of fused-ring (bicyclic) bond motifs is 5. The Bertz CT molecular complexity index is 5340. The molecule has 16 aromatic carbocycles. The van der Waals surface area contributed by atoms with Crippen molar-refractivity contribution in [1.29, 1.82) is 0 Å². The van der Waals surface area contributed by atoms with Crippen LogP contribution in [0, 0.1) is 0 Å². The Morgan fingerprint density at radius 3 is 1.16 bits per heavy atom. The monoisotopic (exact) mass is 982 g/mol. The van der Waals surface area contributed by atoms with Crippen molar-refractivity contribution in [2.24, 2.45) is 0 Å². The summed E-state index contributed by atoms with van der Waals surface area (Å²) in [7, 11) is 0. The van der Waals surface area contributed by atoms with Gasteiger partial charge in [0.15, 0.2) is 0 Å². The molecule has 17 aromatic rings. The first-order valence-electron chi connectivity index (χ1n) is 30.0. The molecule has 0 amide bonds. The highest BCUT2D eigenvalue weighted by atomic mass is 16.3. The molecular weight excluding hydrogens is 929 g/mol. The van der Waals surface area contributed by atoms with Crippen LogP contribution in [0.3, 0.4) is 0 Å². The Morgan fingerprint density at radius 1 is 0.234 bits per heavy atom. The van der Waals surface area contributed by atoms with Crippen LogP contribution in [0.5, 0.6) is 0 Å². The van der Waals surface area contributed by atoms with E-state index in [-0.39, 0.29) is 45.7 Å². The molecule has 1 nitrogen and oxygen atoms in total. The molecule has 1 heterocycles. The second kappa shape index (κ2) is 17.2. The zero-order valence-electron chi connectivity index (χ0n) is 49.3. The zero-order valence-corrected chi connectivity index (χ0v) is 41.3. The minimum Gasteiger partial charge on any atom is -0.456 e. The summed E-state index contributed by atoms with van der Waals surface area (Å²) in [6, 6.07) is 77.1. The molecule has 77 heavy (non-hydrogen) atoms. The van der Waals surface area contributed by atoms with Gasteiger partial charge in [0.05, 0.1) is 11.0 Å². The minimum absolute atomic E-state index is 0.183. The van der Waals surface area contributed by atoms with Crippen LogP contribution in [0.15, 0.2) is 283 Å². The van der Waals surface area contributed by atoms with Crippen molar-refractivity contribution in [3.8, 4) is 55.6 Å². The lowest BCUT2D eigenvalue weighted by molar-refractivity contribution is 0.669. The number of para-hydroxylation sites is 1. The highest BCUT2D eigenvalue weighted by molar-refractivity contribution is 6.27. The van der Waals surface area contributed by atoms with Gasteiger partial charge in [0.1, 0.15) is 11.2 Å². The summed E-state index contributed by atoms with van der Waals surface area (Å²) in [6.45, 7) is 0. The van der Waals surface area contributed by atoms with E-state index < -0.39 is 24.2 Å². The van der Waals surface area contributed by atoms with Crippen molar-refractivity contribution >= 4 is 108 Å². The number of benzene rings is 16. The van der Waals surface area contributed by atoms with E-state index in [0.29, 0.717) is 33.4 Å². The third-order valence-electron chi connectivity index (χ3n) is 15.9. The molecule has 0 N–H and O–H groups in total. The summed E-state index contributed by atoms with van der Waals surface area (Å²) in [6.07, 6.45) is 0. The minimum atomic E-state index is -0.427. The fraction of sp³-hybridized carbons (Fsp3) is 0. The molecule has 0 radical (unpaired) electrons. The molecule has 0 aliphatic carbocycles. The van der Waals surface area contributed by atoms with E-state index in [1.807, 2.05) is 84.9 Å². The fourth-order valence-corrected chi connectivity index (χ4v) is 12.3. The van der Waals surface area contributed by atoms with E-state index in [1.54, 1.807) is 12.1 Å². The van der Waals surface area contributed by atoms with Gasteiger partial charge in [-0.1, -0.05) is 261 Å². The van der Waals surface area contributed by atoms with E-state index in [4.69, 9.17) is 12.6 Å². The van der Waals surface area contributed by atoms with Crippen LogP contribution >= 0.6 is 0 Å². The topological polar surface area (TPSA) is 13.1 Å². The summed E-state index contributed by atoms with van der Waals surface area (Å²) < 4.78 is 77.3. The molecule has 0 bridgehead atoms. The standard InChI is InChI=1S/C38H24O.C38H22/c1-2-10-25(11-3-1)26-18-20-27(21-19-26)37-30-13-4-6-15-32(30)38(33-16-7-5-14-31(33)37)28-22-23-36-34(24-28)29-12-8-9-17-35(29)39-36;1-3-25-11-13-29-15-19-31(33-21-17-27(5-1)35(25)37(29)33)23-7-9-24(10-8-23)32-20-16-30-14-12-26-4-2-6-28-18-22-34(32)38(30)36(26)28/h1-24H;1-22H/i4D,5D,6D,7D,13D,14D,15D,16D;. The Morgan fingerprint density at radius 2 is 0.623 bits per heavy atom. The zero-order chi connectivity index (χ0) is 57.5. The van der Waals surface area contributed by atoms with Gasteiger partial charge < -0.3 is 4.42 Å². The predicted octanol–water partition coefficient (Wildman–Crippen LogP) is 21.7. The number of hydrogen-bond acceptors (Lipinski definition) is 1. The molecule has 0 saturated heterocycles. The van der Waals surface area contributed by atoms with Crippen molar-refractivity contribution in [3.05, 3.63) is 279 Å². The maximum absolute atomic E-state index is 9.18. The molecule has 0 aliphatic rings. The Hall–Kier alpha value is -10.1. The Balaban J connectivity index is 0.000000141. The van der Waals surface area contributed by atoms with Gasteiger partial charge in [0.2, 0.25) is 0 Å². The summed E-state index contributed by atoms with van der Waals surface area (Å²) in [5, 5.41) is 18.3. The average molecular weight is 983 g/mol. The van der Waals surface area contributed by atoms with Crippen LogP contribution in [0.4, 0.5) is 0 Å². The number of rotatable bonds is 5. The second-order valence-corrected chi connectivity index (χ2v) is 20.0. The Labute approximate surface area is 456 Å².